The minimum absolute atomic E-state index is 0.192. The van der Waals surface area contributed by atoms with Crippen molar-refractivity contribution in [3.8, 4) is 0 Å². The summed E-state index contributed by atoms with van der Waals surface area (Å²) in [5, 5.41) is 21.9. The lowest BCUT2D eigenvalue weighted by atomic mass is 9.39. The molecule has 7 nitrogen and oxygen atoms in total. The van der Waals surface area contributed by atoms with Crippen molar-refractivity contribution in [2.24, 2.45) is 0 Å². The molecule has 0 spiro atoms. The number of halogens is 4. The fourth-order valence-electron chi connectivity index (χ4n) is 5.09. The molecule has 4 fully saturated rings. The van der Waals surface area contributed by atoms with Crippen molar-refractivity contribution >= 4 is 17.5 Å². The zero-order chi connectivity index (χ0) is 22.7. The molecule has 0 saturated heterocycles. The lowest BCUT2D eigenvalue weighted by molar-refractivity contribution is -0.352. The van der Waals surface area contributed by atoms with Gasteiger partial charge in [0.2, 0.25) is 17.7 Å². The SMILES string of the molecule is O=C(NC12CC(c3nnc(C4CC(OC(F)(F)F)C4)o3)(C1)C2)C(O)Cc1ccc(Cl)cc1. The number of alkyl halides is 3. The number of aliphatic hydroxyl groups is 1. The molecule has 2 N–H and O–H groups in total. The lowest BCUT2D eigenvalue weighted by Crippen LogP contribution is -2.77. The number of rotatable bonds is 7. The summed E-state index contributed by atoms with van der Waals surface area (Å²) in [5.74, 6) is 0.144. The highest BCUT2D eigenvalue weighted by atomic mass is 35.5. The predicted molar refractivity (Wildman–Crippen MR) is 105 cm³/mol. The highest BCUT2D eigenvalue weighted by molar-refractivity contribution is 6.30. The van der Waals surface area contributed by atoms with E-state index in [9.17, 15) is 23.1 Å². The normalized spacial score (nSPS) is 31.8. The van der Waals surface area contributed by atoms with Gasteiger partial charge in [0.15, 0.2) is 0 Å². The van der Waals surface area contributed by atoms with E-state index in [4.69, 9.17) is 16.0 Å². The highest BCUT2D eigenvalue weighted by Gasteiger charge is 2.72. The zero-order valence-corrected chi connectivity index (χ0v) is 17.6. The standard InChI is InChI=1S/C21H21ClF3N3O4/c22-13-3-1-11(2-4-13)5-15(29)16(30)26-20-8-19(9-20,10-20)18-28-27-17(31-18)12-6-14(7-12)32-21(23,24)25/h1-4,12,14-15,29H,5-10H2,(H,26,30). The maximum Gasteiger partial charge on any atom is 0.522 e. The Morgan fingerprint density at radius 1 is 1.25 bits per heavy atom. The summed E-state index contributed by atoms with van der Waals surface area (Å²) in [7, 11) is 0. The van der Waals surface area contributed by atoms with Gasteiger partial charge in [0.25, 0.3) is 0 Å². The zero-order valence-electron chi connectivity index (χ0n) is 16.9. The average molecular weight is 472 g/mol. The van der Waals surface area contributed by atoms with Crippen molar-refractivity contribution in [2.75, 3.05) is 0 Å². The molecule has 4 saturated carbocycles. The number of carbonyl (C=O) groups is 1. The maximum absolute atomic E-state index is 12.4. The molecular formula is C21H21ClF3N3O4. The second-order valence-corrected chi connectivity index (χ2v) is 9.66. The van der Waals surface area contributed by atoms with Gasteiger partial charge in [-0.3, -0.25) is 9.53 Å². The van der Waals surface area contributed by atoms with E-state index < -0.39 is 24.5 Å². The first kappa shape index (κ1) is 21.7. The summed E-state index contributed by atoms with van der Waals surface area (Å²) in [6.45, 7) is 0. The van der Waals surface area contributed by atoms with Crippen LogP contribution in [0.3, 0.4) is 0 Å². The molecule has 1 heterocycles. The molecule has 1 unspecified atom stereocenters. The number of nitrogens with zero attached hydrogens (tertiary/aromatic N) is 2. The smallest absolute Gasteiger partial charge is 0.424 e. The van der Waals surface area contributed by atoms with E-state index in [1.54, 1.807) is 24.3 Å². The maximum atomic E-state index is 12.4. The first-order valence-corrected chi connectivity index (χ1v) is 10.8. The third-order valence-electron chi connectivity index (χ3n) is 6.70. The van der Waals surface area contributed by atoms with Crippen molar-refractivity contribution < 1.29 is 32.2 Å². The molecule has 1 aromatic carbocycles. The number of aromatic nitrogens is 2. The minimum atomic E-state index is -4.64. The third kappa shape index (κ3) is 3.99. The Morgan fingerprint density at radius 2 is 1.91 bits per heavy atom. The molecule has 1 amide bonds. The van der Waals surface area contributed by atoms with Gasteiger partial charge in [-0.15, -0.1) is 23.4 Å². The van der Waals surface area contributed by atoms with Crippen LogP contribution < -0.4 is 5.32 Å². The molecule has 32 heavy (non-hydrogen) atoms. The number of aliphatic hydroxyl groups excluding tert-OH is 1. The first-order valence-electron chi connectivity index (χ1n) is 10.4. The number of benzene rings is 1. The number of ether oxygens (including phenoxy) is 1. The lowest BCUT2D eigenvalue weighted by Gasteiger charge is -2.68. The molecule has 0 radical (unpaired) electrons. The van der Waals surface area contributed by atoms with Gasteiger partial charge in [0.05, 0.1) is 11.5 Å². The van der Waals surface area contributed by atoms with Gasteiger partial charge < -0.3 is 14.8 Å². The van der Waals surface area contributed by atoms with Gasteiger partial charge in [-0.1, -0.05) is 23.7 Å². The van der Waals surface area contributed by atoms with E-state index in [0.717, 1.165) is 5.56 Å². The second kappa shape index (κ2) is 7.43. The van der Waals surface area contributed by atoms with Crippen LogP contribution >= 0.6 is 11.6 Å². The summed E-state index contributed by atoms with van der Waals surface area (Å²) in [4.78, 5) is 12.4. The Labute approximate surface area is 186 Å². The third-order valence-corrected chi connectivity index (χ3v) is 6.95. The Balaban J connectivity index is 1.11. The van der Waals surface area contributed by atoms with Crippen LogP contribution in [0.15, 0.2) is 28.7 Å². The van der Waals surface area contributed by atoms with E-state index in [2.05, 4.69) is 20.3 Å². The monoisotopic (exact) mass is 471 g/mol. The molecule has 1 atom stereocenters. The number of hydrogen-bond donors (Lipinski definition) is 2. The minimum Gasteiger partial charge on any atom is -0.424 e. The fraction of sp³-hybridized carbons (Fsp3) is 0.571. The van der Waals surface area contributed by atoms with E-state index in [1.165, 1.54) is 0 Å². The van der Waals surface area contributed by atoms with Crippen LogP contribution in [0, 0.1) is 0 Å². The quantitative estimate of drug-likeness (QED) is 0.642. The van der Waals surface area contributed by atoms with Crippen LogP contribution in [-0.2, 0) is 21.4 Å². The van der Waals surface area contributed by atoms with Gasteiger partial charge >= 0.3 is 6.36 Å². The van der Waals surface area contributed by atoms with Crippen molar-refractivity contribution in [1.29, 1.82) is 0 Å². The summed E-state index contributed by atoms with van der Waals surface area (Å²) in [6.07, 6.45) is -4.20. The Hall–Kier alpha value is -2.17. The van der Waals surface area contributed by atoms with Crippen LogP contribution in [0.4, 0.5) is 13.2 Å². The summed E-state index contributed by atoms with van der Waals surface area (Å²) >= 11 is 5.85. The number of nitrogens with one attached hydrogen (secondary N) is 1. The van der Waals surface area contributed by atoms with E-state index >= 15 is 0 Å². The molecule has 2 aromatic rings. The van der Waals surface area contributed by atoms with Gasteiger partial charge in [0, 0.05) is 22.9 Å². The van der Waals surface area contributed by atoms with Crippen molar-refractivity contribution in [3.05, 3.63) is 46.6 Å². The van der Waals surface area contributed by atoms with Crippen LogP contribution in [-0.4, -0.2) is 45.3 Å². The van der Waals surface area contributed by atoms with E-state index in [-0.39, 0.29) is 36.1 Å². The molecule has 172 valence electrons. The van der Waals surface area contributed by atoms with Crippen LogP contribution in [0.1, 0.15) is 55.4 Å². The Bertz CT molecular complexity index is 1000. The molecule has 0 aliphatic heterocycles. The van der Waals surface area contributed by atoms with Crippen molar-refractivity contribution in [2.45, 2.75) is 74.0 Å². The van der Waals surface area contributed by atoms with Crippen LogP contribution in [0.2, 0.25) is 5.02 Å². The molecule has 11 heteroatoms. The Kier molecular flexibility index (Phi) is 5.03. The number of amides is 1. The van der Waals surface area contributed by atoms with Gasteiger partial charge in [0.1, 0.15) is 6.10 Å². The summed E-state index contributed by atoms with van der Waals surface area (Å²) < 4.78 is 46.5. The van der Waals surface area contributed by atoms with Crippen LogP contribution in [0.5, 0.6) is 0 Å². The molecular weight excluding hydrogens is 451 g/mol. The Morgan fingerprint density at radius 3 is 2.53 bits per heavy atom. The van der Waals surface area contributed by atoms with E-state index in [1.807, 2.05) is 0 Å². The summed E-state index contributed by atoms with van der Waals surface area (Å²) in [5.41, 5.74) is 0.128. The molecule has 4 aliphatic rings. The van der Waals surface area contributed by atoms with Crippen molar-refractivity contribution in [3.63, 3.8) is 0 Å². The van der Waals surface area contributed by atoms with Gasteiger partial charge in [-0.25, -0.2) is 0 Å². The fourth-order valence-corrected chi connectivity index (χ4v) is 5.22. The van der Waals surface area contributed by atoms with E-state index in [0.29, 0.717) is 36.1 Å². The largest absolute Gasteiger partial charge is 0.522 e. The highest BCUT2D eigenvalue weighted by Crippen LogP contribution is 2.67. The van der Waals surface area contributed by atoms with Crippen molar-refractivity contribution in [1.82, 2.24) is 15.5 Å². The topological polar surface area (TPSA) is 97.5 Å². The molecule has 2 bridgehead atoms. The summed E-state index contributed by atoms with van der Waals surface area (Å²) in [6, 6.07) is 6.94. The molecule has 1 aromatic heterocycles. The number of hydrogen-bond acceptors (Lipinski definition) is 6. The molecule has 4 aliphatic carbocycles. The predicted octanol–water partition coefficient (Wildman–Crippen LogP) is 3.40. The van der Waals surface area contributed by atoms with Crippen LogP contribution in [0.25, 0.3) is 0 Å². The molecule has 6 rings (SSSR count). The number of carbonyl (C=O) groups excluding carboxylic acids is 1. The van der Waals surface area contributed by atoms with Gasteiger partial charge in [-0.2, -0.15) is 0 Å². The first-order chi connectivity index (χ1) is 15.0. The average Bonchev–Trinajstić information content (AvgIpc) is 3.09. The second-order valence-electron chi connectivity index (χ2n) is 9.23. The van der Waals surface area contributed by atoms with Gasteiger partial charge in [-0.05, 0) is 49.8 Å².